The Labute approximate surface area is 131 Å². The molecule has 2 rings (SSSR count). The fourth-order valence-corrected chi connectivity index (χ4v) is 2.38. The van der Waals surface area contributed by atoms with Crippen LogP contribution in [0, 0.1) is 32.6 Å². The summed E-state index contributed by atoms with van der Waals surface area (Å²) in [4.78, 5) is 0. The molecule has 0 aliphatic carbocycles. The van der Waals surface area contributed by atoms with Crippen LogP contribution in [0.5, 0.6) is 5.75 Å². The summed E-state index contributed by atoms with van der Waals surface area (Å²) in [7, 11) is 0. The van der Waals surface area contributed by atoms with E-state index in [1.165, 1.54) is 16.7 Å². The van der Waals surface area contributed by atoms with Crippen LogP contribution < -0.4 is 4.74 Å². The van der Waals surface area contributed by atoms with Crippen LogP contribution in [-0.4, -0.2) is 5.88 Å². The van der Waals surface area contributed by atoms with Crippen molar-refractivity contribution in [2.75, 3.05) is 5.88 Å². The minimum atomic E-state index is 0.352. The molecular weight excluding hydrogens is 280 g/mol. The molecule has 0 spiro atoms. The van der Waals surface area contributed by atoms with Crippen LogP contribution >= 0.6 is 11.6 Å². The van der Waals surface area contributed by atoms with Crippen LogP contribution in [0.2, 0.25) is 0 Å². The highest BCUT2D eigenvalue weighted by Crippen LogP contribution is 2.18. The Hall–Kier alpha value is -1.91. The van der Waals surface area contributed by atoms with Crippen molar-refractivity contribution in [2.24, 2.45) is 0 Å². The lowest BCUT2D eigenvalue weighted by atomic mass is 10.1. The quantitative estimate of drug-likeness (QED) is 0.585. The van der Waals surface area contributed by atoms with Crippen LogP contribution in [0.15, 0.2) is 36.4 Å². The van der Waals surface area contributed by atoms with Crippen molar-refractivity contribution in [1.82, 2.24) is 0 Å². The van der Waals surface area contributed by atoms with E-state index in [9.17, 15) is 0 Å². The first-order valence-corrected chi connectivity index (χ1v) is 7.47. The monoisotopic (exact) mass is 298 g/mol. The summed E-state index contributed by atoms with van der Waals surface area (Å²) in [5.74, 6) is 7.13. The molecule has 0 saturated heterocycles. The molecule has 0 aliphatic rings. The Bertz CT molecular complexity index is 672. The van der Waals surface area contributed by atoms with Gasteiger partial charge in [-0.3, -0.25) is 0 Å². The maximum absolute atomic E-state index is 5.87. The number of alkyl halides is 1. The second kappa shape index (κ2) is 7.20. The molecule has 0 bridgehead atoms. The number of rotatable bonds is 3. The molecular formula is C19H19ClO. The van der Waals surface area contributed by atoms with Gasteiger partial charge in [-0.25, -0.2) is 0 Å². The summed E-state index contributed by atoms with van der Waals surface area (Å²) in [6, 6.07) is 12.4. The summed E-state index contributed by atoms with van der Waals surface area (Å²) < 4.78 is 5.87. The average Bonchev–Trinajstić information content (AvgIpc) is 2.43. The third-order valence-electron chi connectivity index (χ3n) is 3.17. The zero-order valence-corrected chi connectivity index (χ0v) is 13.4. The minimum Gasteiger partial charge on any atom is -0.489 e. The number of hydrogen-bond donors (Lipinski definition) is 0. The van der Waals surface area contributed by atoms with Gasteiger partial charge in [0.1, 0.15) is 12.4 Å². The van der Waals surface area contributed by atoms with Crippen molar-refractivity contribution in [3.8, 4) is 17.6 Å². The molecule has 21 heavy (non-hydrogen) atoms. The van der Waals surface area contributed by atoms with Crippen molar-refractivity contribution >= 4 is 11.6 Å². The second-order valence-electron chi connectivity index (χ2n) is 5.20. The molecule has 0 unspecified atom stereocenters. The standard InChI is InChI=1S/C19H19ClO/c1-14-9-15(2)11-17(10-14)13-21-19-7-6-18(5-4-8-20)16(3)12-19/h6-7,9-12H,8,13H2,1-3H3. The molecule has 2 heteroatoms. The molecule has 1 nitrogen and oxygen atoms in total. The highest BCUT2D eigenvalue weighted by molar-refractivity contribution is 6.19. The van der Waals surface area contributed by atoms with Crippen molar-refractivity contribution in [3.05, 3.63) is 64.2 Å². The maximum Gasteiger partial charge on any atom is 0.120 e. The number of hydrogen-bond acceptors (Lipinski definition) is 1. The molecule has 0 aromatic heterocycles. The van der Waals surface area contributed by atoms with Gasteiger partial charge in [0.15, 0.2) is 0 Å². The van der Waals surface area contributed by atoms with E-state index in [2.05, 4.69) is 43.9 Å². The topological polar surface area (TPSA) is 9.23 Å². The van der Waals surface area contributed by atoms with Crippen LogP contribution in [0.4, 0.5) is 0 Å². The van der Waals surface area contributed by atoms with E-state index in [4.69, 9.17) is 16.3 Å². The van der Waals surface area contributed by atoms with Gasteiger partial charge in [-0.15, -0.1) is 11.6 Å². The Morgan fingerprint density at radius 1 is 1.00 bits per heavy atom. The van der Waals surface area contributed by atoms with E-state index < -0.39 is 0 Å². The molecule has 0 atom stereocenters. The van der Waals surface area contributed by atoms with Crippen molar-refractivity contribution < 1.29 is 4.74 Å². The van der Waals surface area contributed by atoms with Gasteiger partial charge >= 0.3 is 0 Å². The number of halogens is 1. The summed E-state index contributed by atoms with van der Waals surface area (Å²) in [5.41, 5.74) is 5.81. The van der Waals surface area contributed by atoms with Gasteiger partial charge in [-0.1, -0.05) is 41.2 Å². The summed E-state index contributed by atoms with van der Waals surface area (Å²) in [6.07, 6.45) is 0. The van der Waals surface area contributed by atoms with Crippen LogP contribution in [-0.2, 0) is 6.61 Å². The molecule has 0 aliphatic heterocycles. The predicted molar refractivity (Wildman–Crippen MR) is 89.0 cm³/mol. The summed E-state index contributed by atoms with van der Waals surface area (Å²) in [6.45, 7) is 6.81. The largest absolute Gasteiger partial charge is 0.489 e. The molecule has 0 fully saturated rings. The second-order valence-corrected chi connectivity index (χ2v) is 5.46. The zero-order chi connectivity index (χ0) is 15.2. The van der Waals surface area contributed by atoms with Gasteiger partial charge in [0.25, 0.3) is 0 Å². The minimum absolute atomic E-state index is 0.352. The Balaban J connectivity index is 2.08. The molecule has 0 heterocycles. The van der Waals surface area contributed by atoms with E-state index in [-0.39, 0.29) is 0 Å². The lowest BCUT2D eigenvalue weighted by Gasteiger charge is -2.09. The van der Waals surface area contributed by atoms with E-state index in [0.29, 0.717) is 12.5 Å². The maximum atomic E-state index is 5.87. The normalized spacial score (nSPS) is 9.90. The fraction of sp³-hybridized carbons (Fsp3) is 0.263. The third-order valence-corrected chi connectivity index (χ3v) is 3.31. The molecule has 0 saturated carbocycles. The average molecular weight is 299 g/mol. The number of aryl methyl sites for hydroxylation is 3. The molecule has 0 N–H and O–H groups in total. The van der Waals surface area contributed by atoms with E-state index >= 15 is 0 Å². The third kappa shape index (κ3) is 4.55. The Morgan fingerprint density at radius 2 is 1.71 bits per heavy atom. The van der Waals surface area contributed by atoms with Crippen molar-refractivity contribution in [3.63, 3.8) is 0 Å². The number of ether oxygens (including phenoxy) is 1. The van der Waals surface area contributed by atoms with Gasteiger partial charge in [-0.2, -0.15) is 0 Å². The first kappa shape index (κ1) is 15.5. The lowest BCUT2D eigenvalue weighted by Crippen LogP contribution is -1.97. The van der Waals surface area contributed by atoms with Gasteiger partial charge in [0.05, 0.1) is 5.88 Å². The van der Waals surface area contributed by atoms with Crippen LogP contribution in [0.1, 0.15) is 27.8 Å². The molecule has 2 aromatic rings. The van der Waals surface area contributed by atoms with Crippen LogP contribution in [0.3, 0.4) is 0 Å². The predicted octanol–water partition coefficient (Wildman–Crippen LogP) is 4.78. The highest BCUT2D eigenvalue weighted by Gasteiger charge is 2.01. The Morgan fingerprint density at radius 3 is 2.33 bits per heavy atom. The summed E-state index contributed by atoms with van der Waals surface area (Å²) in [5, 5.41) is 0. The number of benzene rings is 2. The van der Waals surface area contributed by atoms with Gasteiger partial charge in [0.2, 0.25) is 0 Å². The van der Waals surface area contributed by atoms with Gasteiger partial charge in [0, 0.05) is 5.56 Å². The Kier molecular flexibility index (Phi) is 5.31. The van der Waals surface area contributed by atoms with E-state index in [0.717, 1.165) is 16.9 Å². The smallest absolute Gasteiger partial charge is 0.120 e. The van der Waals surface area contributed by atoms with Gasteiger partial charge in [-0.05, 0) is 50.1 Å². The molecule has 0 amide bonds. The molecule has 0 radical (unpaired) electrons. The zero-order valence-electron chi connectivity index (χ0n) is 12.7. The van der Waals surface area contributed by atoms with E-state index in [1.807, 2.05) is 25.1 Å². The first-order chi connectivity index (χ1) is 10.1. The van der Waals surface area contributed by atoms with Crippen LogP contribution in [0.25, 0.3) is 0 Å². The molecule has 108 valence electrons. The van der Waals surface area contributed by atoms with Crippen molar-refractivity contribution in [1.29, 1.82) is 0 Å². The first-order valence-electron chi connectivity index (χ1n) is 6.94. The SMILES string of the molecule is Cc1cc(C)cc(COc2ccc(C#CCCl)c(C)c2)c1. The lowest BCUT2D eigenvalue weighted by molar-refractivity contribution is 0.306. The fourth-order valence-electron chi connectivity index (χ4n) is 2.31. The van der Waals surface area contributed by atoms with Gasteiger partial charge < -0.3 is 4.74 Å². The summed E-state index contributed by atoms with van der Waals surface area (Å²) >= 11 is 5.58. The highest BCUT2D eigenvalue weighted by atomic mass is 35.5. The molecule has 2 aromatic carbocycles. The van der Waals surface area contributed by atoms with Crippen molar-refractivity contribution in [2.45, 2.75) is 27.4 Å². The van der Waals surface area contributed by atoms with E-state index in [1.54, 1.807) is 0 Å².